The standard InChI is InChI=1S/C15H14BrN5OS/c16-11-6-4-10(5-7-11)13-19-21-12(17-18-15(21)23-13)14(22)20-8-2-1-3-9-20/h4-7H,1-3,8-9H2. The first kappa shape index (κ1) is 14.8. The third-order valence-corrected chi connectivity index (χ3v) is 5.39. The van der Waals surface area contributed by atoms with Crippen molar-refractivity contribution in [3.8, 4) is 10.6 Å². The van der Waals surface area contributed by atoms with Gasteiger partial charge in [0.05, 0.1) is 0 Å². The molecule has 1 aliphatic heterocycles. The molecule has 3 aromatic rings. The molecule has 1 aromatic carbocycles. The summed E-state index contributed by atoms with van der Waals surface area (Å²) in [5.41, 5.74) is 1.00. The second-order valence-electron chi connectivity index (χ2n) is 5.48. The van der Waals surface area contributed by atoms with Gasteiger partial charge in [-0.2, -0.15) is 9.61 Å². The highest BCUT2D eigenvalue weighted by molar-refractivity contribution is 9.10. The molecule has 0 saturated carbocycles. The molecule has 0 atom stereocenters. The summed E-state index contributed by atoms with van der Waals surface area (Å²) in [6.07, 6.45) is 3.28. The minimum absolute atomic E-state index is 0.0788. The van der Waals surface area contributed by atoms with E-state index in [1.54, 1.807) is 4.52 Å². The van der Waals surface area contributed by atoms with E-state index in [4.69, 9.17) is 0 Å². The van der Waals surface area contributed by atoms with E-state index >= 15 is 0 Å². The molecule has 1 aliphatic rings. The van der Waals surface area contributed by atoms with Crippen molar-refractivity contribution in [3.05, 3.63) is 34.6 Å². The highest BCUT2D eigenvalue weighted by atomic mass is 79.9. The fraction of sp³-hybridized carbons (Fsp3) is 0.333. The van der Waals surface area contributed by atoms with Crippen LogP contribution < -0.4 is 0 Å². The lowest BCUT2D eigenvalue weighted by atomic mass is 10.1. The number of amides is 1. The van der Waals surface area contributed by atoms with Gasteiger partial charge >= 0.3 is 0 Å². The number of carbonyl (C=O) groups excluding carboxylic acids is 1. The van der Waals surface area contributed by atoms with Gasteiger partial charge in [-0.15, -0.1) is 10.2 Å². The summed E-state index contributed by atoms with van der Waals surface area (Å²) >= 11 is 4.86. The number of rotatable bonds is 2. The highest BCUT2D eigenvalue weighted by Gasteiger charge is 2.24. The van der Waals surface area contributed by atoms with Gasteiger partial charge < -0.3 is 4.90 Å². The van der Waals surface area contributed by atoms with Crippen molar-refractivity contribution in [2.75, 3.05) is 13.1 Å². The molecule has 0 aliphatic carbocycles. The Bertz CT molecular complexity index is 851. The molecule has 8 heteroatoms. The smallest absolute Gasteiger partial charge is 0.293 e. The molecule has 23 heavy (non-hydrogen) atoms. The predicted octanol–water partition coefficient (Wildman–Crippen LogP) is 3.24. The van der Waals surface area contributed by atoms with Crippen molar-refractivity contribution in [3.63, 3.8) is 0 Å². The first-order valence-electron chi connectivity index (χ1n) is 7.50. The molecule has 0 bridgehead atoms. The molecule has 3 heterocycles. The molecule has 118 valence electrons. The third-order valence-electron chi connectivity index (χ3n) is 3.92. The van der Waals surface area contributed by atoms with Gasteiger partial charge in [-0.25, -0.2) is 0 Å². The maximum atomic E-state index is 12.6. The monoisotopic (exact) mass is 391 g/mol. The Morgan fingerprint density at radius 1 is 1.09 bits per heavy atom. The Morgan fingerprint density at radius 3 is 2.57 bits per heavy atom. The van der Waals surface area contributed by atoms with Crippen LogP contribution >= 0.6 is 27.3 Å². The van der Waals surface area contributed by atoms with Crippen LogP contribution in [0.1, 0.15) is 29.9 Å². The summed E-state index contributed by atoms with van der Waals surface area (Å²) in [5.74, 6) is 0.228. The van der Waals surface area contributed by atoms with Gasteiger partial charge in [0.15, 0.2) is 0 Å². The summed E-state index contributed by atoms with van der Waals surface area (Å²) in [5, 5.41) is 13.5. The minimum atomic E-state index is -0.0788. The third kappa shape index (κ3) is 2.76. The van der Waals surface area contributed by atoms with Crippen molar-refractivity contribution in [2.24, 2.45) is 0 Å². The maximum Gasteiger partial charge on any atom is 0.293 e. The second kappa shape index (κ2) is 6.01. The Kier molecular flexibility index (Phi) is 3.86. The number of nitrogens with zero attached hydrogens (tertiary/aromatic N) is 5. The van der Waals surface area contributed by atoms with Gasteiger partial charge in [-0.1, -0.05) is 39.4 Å². The first-order chi connectivity index (χ1) is 11.2. The van der Waals surface area contributed by atoms with E-state index in [2.05, 4.69) is 31.2 Å². The Balaban J connectivity index is 1.69. The zero-order valence-electron chi connectivity index (χ0n) is 12.3. The van der Waals surface area contributed by atoms with Crippen molar-refractivity contribution in [1.29, 1.82) is 0 Å². The normalized spacial score (nSPS) is 15.3. The maximum absolute atomic E-state index is 12.6. The van der Waals surface area contributed by atoms with Crippen molar-refractivity contribution < 1.29 is 4.79 Å². The molecule has 0 N–H and O–H groups in total. The lowest BCUT2D eigenvalue weighted by Crippen LogP contribution is -2.36. The van der Waals surface area contributed by atoms with Gasteiger partial charge in [-0.05, 0) is 31.4 Å². The van der Waals surface area contributed by atoms with Crippen LogP contribution in [0.5, 0.6) is 0 Å². The number of piperidine rings is 1. The number of hydrogen-bond donors (Lipinski definition) is 0. The number of hydrogen-bond acceptors (Lipinski definition) is 5. The van der Waals surface area contributed by atoms with Gasteiger partial charge in [0.25, 0.3) is 5.91 Å². The van der Waals surface area contributed by atoms with Crippen molar-refractivity contribution in [1.82, 2.24) is 24.7 Å². The number of halogens is 1. The fourth-order valence-corrected chi connectivity index (χ4v) is 3.81. The average Bonchev–Trinajstić information content (AvgIpc) is 3.16. The zero-order chi connectivity index (χ0) is 15.8. The largest absolute Gasteiger partial charge is 0.336 e. The van der Waals surface area contributed by atoms with E-state index < -0.39 is 0 Å². The van der Waals surface area contributed by atoms with E-state index in [0.717, 1.165) is 41.0 Å². The number of likely N-dealkylation sites (tertiary alicyclic amines) is 1. The molecule has 1 fully saturated rings. The summed E-state index contributed by atoms with van der Waals surface area (Å²) < 4.78 is 2.59. The molecular weight excluding hydrogens is 378 g/mol. The number of carbonyl (C=O) groups is 1. The Morgan fingerprint density at radius 2 is 1.83 bits per heavy atom. The van der Waals surface area contributed by atoms with Crippen LogP contribution in [-0.2, 0) is 0 Å². The summed E-state index contributed by atoms with van der Waals surface area (Å²) in [6.45, 7) is 1.58. The van der Waals surface area contributed by atoms with E-state index in [9.17, 15) is 4.79 Å². The predicted molar refractivity (Wildman–Crippen MR) is 91.5 cm³/mol. The topological polar surface area (TPSA) is 63.4 Å². The number of aromatic nitrogens is 4. The number of benzene rings is 1. The van der Waals surface area contributed by atoms with Crippen LogP contribution in [0.15, 0.2) is 28.7 Å². The lowest BCUT2D eigenvalue weighted by molar-refractivity contribution is 0.0709. The molecule has 1 amide bonds. The van der Waals surface area contributed by atoms with E-state index in [1.807, 2.05) is 29.2 Å². The molecule has 1 saturated heterocycles. The second-order valence-corrected chi connectivity index (χ2v) is 7.36. The molecule has 6 nitrogen and oxygen atoms in total. The van der Waals surface area contributed by atoms with Crippen LogP contribution in [0.25, 0.3) is 15.5 Å². The lowest BCUT2D eigenvalue weighted by Gasteiger charge is -2.25. The molecule has 0 unspecified atom stereocenters. The van der Waals surface area contributed by atoms with E-state index in [-0.39, 0.29) is 5.91 Å². The summed E-state index contributed by atoms with van der Waals surface area (Å²) in [6, 6.07) is 7.92. The molecule has 2 aromatic heterocycles. The van der Waals surface area contributed by atoms with Crippen LogP contribution in [0.2, 0.25) is 0 Å². The minimum Gasteiger partial charge on any atom is -0.336 e. The Hall–Kier alpha value is -1.80. The summed E-state index contributed by atoms with van der Waals surface area (Å²) in [4.78, 5) is 15.1. The van der Waals surface area contributed by atoms with E-state index in [1.165, 1.54) is 17.8 Å². The van der Waals surface area contributed by atoms with Crippen molar-refractivity contribution >= 4 is 38.1 Å². The highest BCUT2D eigenvalue weighted by Crippen LogP contribution is 2.27. The van der Waals surface area contributed by atoms with Gasteiger partial charge in [0.2, 0.25) is 10.8 Å². The van der Waals surface area contributed by atoms with Crippen LogP contribution in [0.3, 0.4) is 0 Å². The average molecular weight is 392 g/mol. The van der Waals surface area contributed by atoms with E-state index in [0.29, 0.717) is 10.8 Å². The molecule has 0 spiro atoms. The SMILES string of the molecule is O=C(c1nnc2sc(-c3ccc(Br)cc3)nn12)N1CCCCC1. The fourth-order valence-electron chi connectivity index (χ4n) is 2.70. The molecule has 0 radical (unpaired) electrons. The van der Waals surface area contributed by atoms with Crippen LogP contribution in [0.4, 0.5) is 0 Å². The molecule has 4 rings (SSSR count). The quantitative estimate of drug-likeness (QED) is 0.672. The van der Waals surface area contributed by atoms with Gasteiger partial charge in [0.1, 0.15) is 5.01 Å². The number of fused-ring (bicyclic) bond motifs is 1. The molecular formula is C15H14BrN5OS. The van der Waals surface area contributed by atoms with Crippen molar-refractivity contribution in [2.45, 2.75) is 19.3 Å². The Labute approximate surface area is 145 Å². The van der Waals surface area contributed by atoms with Gasteiger partial charge in [0, 0.05) is 23.1 Å². The first-order valence-corrected chi connectivity index (χ1v) is 9.11. The summed E-state index contributed by atoms with van der Waals surface area (Å²) in [7, 11) is 0. The zero-order valence-corrected chi connectivity index (χ0v) is 14.7. The van der Waals surface area contributed by atoms with Gasteiger partial charge in [-0.3, -0.25) is 4.79 Å². The van der Waals surface area contributed by atoms with Crippen LogP contribution in [0, 0.1) is 0 Å². The van der Waals surface area contributed by atoms with Crippen LogP contribution in [-0.4, -0.2) is 43.7 Å².